The molecule has 1 spiro atoms. The third-order valence-corrected chi connectivity index (χ3v) is 9.28. The maximum Gasteiger partial charge on any atom is 0.490 e. The Hall–Kier alpha value is -4.28. The fourth-order valence-corrected chi connectivity index (χ4v) is 7.11. The normalized spacial score (nSPS) is 19.5. The molecule has 1 aliphatic heterocycles. The Kier molecular flexibility index (Phi) is 10.4. The monoisotopic (exact) mass is 693 g/mol. The van der Waals surface area contributed by atoms with Crippen molar-refractivity contribution >= 4 is 44.5 Å². The van der Waals surface area contributed by atoms with Crippen LogP contribution in [0.3, 0.4) is 0 Å². The lowest BCUT2D eigenvalue weighted by atomic mass is 9.64. The lowest BCUT2D eigenvalue weighted by Gasteiger charge is -2.42. The highest BCUT2D eigenvalue weighted by atomic mass is 32.2. The van der Waals surface area contributed by atoms with Crippen LogP contribution in [0.2, 0.25) is 0 Å². The number of sulfonamides is 1. The molecule has 0 saturated carbocycles. The van der Waals surface area contributed by atoms with E-state index in [2.05, 4.69) is 20.3 Å². The number of halogens is 3. The first-order valence-electron chi connectivity index (χ1n) is 15.1. The van der Waals surface area contributed by atoms with Crippen LogP contribution in [0.4, 0.5) is 13.2 Å². The van der Waals surface area contributed by atoms with Crippen molar-refractivity contribution in [2.24, 2.45) is 11.7 Å². The summed E-state index contributed by atoms with van der Waals surface area (Å²) in [6.07, 6.45) is -1.00. The molecule has 1 aromatic heterocycles. The van der Waals surface area contributed by atoms with Gasteiger partial charge in [0.15, 0.2) is 5.78 Å². The van der Waals surface area contributed by atoms with E-state index in [1.807, 2.05) is 42.6 Å². The van der Waals surface area contributed by atoms with Crippen molar-refractivity contribution in [2.75, 3.05) is 19.3 Å². The van der Waals surface area contributed by atoms with E-state index in [0.717, 1.165) is 28.3 Å². The topological polar surface area (TPSA) is 201 Å². The number of H-pyrrole nitrogens is 1. The number of benzene rings is 2. The second-order valence-electron chi connectivity index (χ2n) is 12.7. The average Bonchev–Trinajstić information content (AvgIpc) is 3.52. The SMILES string of the molecule is CC(C)(N)C(=O)N[C@H](Cc1c[nH]c2ccccc12)C(=O)C1C(C(=O)NS(C)(=O)=O)c2ccccc2C12CCNCC2.O=C(O)C(F)(F)F. The van der Waals surface area contributed by atoms with Gasteiger partial charge in [-0.2, -0.15) is 13.2 Å². The minimum atomic E-state index is -5.08. The number of fused-ring (bicyclic) bond motifs is 3. The van der Waals surface area contributed by atoms with E-state index >= 15 is 0 Å². The molecule has 0 radical (unpaired) electrons. The van der Waals surface area contributed by atoms with E-state index < -0.39 is 62.8 Å². The third kappa shape index (κ3) is 7.88. The lowest BCUT2D eigenvalue weighted by Crippen LogP contribution is -2.58. The summed E-state index contributed by atoms with van der Waals surface area (Å²) in [4.78, 5) is 53.9. The molecular formula is C32H38F3N5O7S. The second kappa shape index (κ2) is 13.7. The zero-order valence-electron chi connectivity index (χ0n) is 26.5. The number of hydrogen-bond donors (Lipinski definition) is 6. The van der Waals surface area contributed by atoms with Gasteiger partial charge in [0.2, 0.25) is 21.8 Å². The van der Waals surface area contributed by atoms with Crippen molar-refractivity contribution in [3.8, 4) is 0 Å². The molecule has 3 atom stereocenters. The van der Waals surface area contributed by atoms with E-state index in [1.165, 1.54) is 0 Å². The number of amides is 2. The minimum Gasteiger partial charge on any atom is -0.475 e. The van der Waals surface area contributed by atoms with Crippen molar-refractivity contribution in [2.45, 2.75) is 62.2 Å². The van der Waals surface area contributed by atoms with Crippen LogP contribution in [0, 0.1) is 5.92 Å². The summed E-state index contributed by atoms with van der Waals surface area (Å²) >= 11 is 0. The number of carboxylic acids is 1. The lowest BCUT2D eigenvalue weighted by molar-refractivity contribution is -0.192. The number of carbonyl (C=O) groups is 4. The number of Topliss-reactive ketones (excluding diaryl/α,β-unsaturated/α-hetero) is 1. The average molecular weight is 694 g/mol. The van der Waals surface area contributed by atoms with Crippen molar-refractivity contribution in [3.63, 3.8) is 0 Å². The molecule has 2 aromatic carbocycles. The zero-order chi connectivity index (χ0) is 35.7. The summed E-state index contributed by atoms with van der Waals surface area (Å²) in [5.41, 5.74) is 7.42. The molecule has 5 rings (SSSR count). The Labute approximate surface area is 275 Å². The van der Waals surface area contributed by atoms with Crippen molar-refractivity contribution in [1.29, 1.82) is 0 Å². The number of aliphatic carboxylic acids is 1. The van der Waals surface area contributed by atoms with Crippen molar-refractivity contribution < 1.29 is 45.9 Å². The van der Waals surface area contributed by atoms with Crippen LogP contribution in [-0.4, -0.2) is 79.2 Å². The number of aromatic amines is 1. The fraction of sp³-hybridized carbons (Fsp3) is 0.438. The Bertz CT molecular complexity index is 1810. The van der Waals surface area contributed by atoms with Gasteiger partial charge in [-0.1, -0.05) is 42.5 Å². The number of hydrogen-bond acceptors (Lipinski definition) is 8. The van der Waals surface area contributed by atoms with E-state index in [9.17, 15) is 36.0 Å². The van der Waals surface area contributed by atoms with Crippen LogP contribution in [0.5, 0.6) is 0 Å². The second-order valence-corrected chi connectivity index (χ2v) is 14.5. The van der Waals surface area contributed by atoms with Gasteiger partial charge in [0, 0.05) is 34.9 Å². The predicted octanol–water partition coefficient (Wildman–Crippen LogP) is 2.25. The van der Waals surface area contributed by atoms with Gasteiger partial charge in [-0.05, 0) is 62.5 Å². The molecule has 12 nitrogen and oxygen atoms in total. The van der Waals surface area contributed by atoms with Crippen molar-refractivity contribution in [1.82, 2.24) is 20.3 Å². The van der Waals surface area contributed by atoms with Crippen LogP contribution < -0.4 is 21.1 Å². The first-order valence-corrected chi connectivity index (χ1v) is 17.0. The number of piperidine rings is 1. The molecule has 2 amide bonds. The van der Waals surface area contributed by atoms with Gasteiger partial charge in [0.1, 0.15) is 0 Å². The molecule has 2 heterocycles. The van der Waals surface area contributed by atoms with Gasteiger partial charge in [-0.3, -0.25) is 19.1 Å². The summed E-state index contributed by atoms with van der Waals surface area (Å²) in [6.45, 7) is 4.40. The summed E-state index contributed by atoms with van der Waals surface area (Å²) in [6, 6.07) is 14.1. The number of para-hydroxylation sites is 1. The van der Waals surface area contributed by atoms with Gasteiger partial charge >= 0.3 is 12.1 Å². The summed E-state index contributed by atoms with van der Waals surface area (Å²) < 4.78 is 58.2. The van der Waals surface area contributed by atoms with Crippen LogP contribution in [0.15, 0.2) is 54.7 Å². The van der Waals surface area contributed by atoms with Crippen LogP contribution in [-0.2, 0) is 41.0 Å². The predicted molar refractivity (Wildman–Crippen MR) is 170 cm³/mol. The van der Waals surface area contributed by atoms with E-state index in [-0.39, 0.29) is 12.2 Å². The molecule has 260 valence electrons. The van der Waals surface area contributed by atoms with E-state index in [4.69, 9.17) is 15.6 Å². The summed E-state index contributed by atoms with van der Waals surface area (Å²) in [5, 5.41) is 14.3. The molecule has 7 N–H and O–H groups in total. The number of nitrogens with two attached hydrogens (primary N) is 1. The van der Waals surface area contributed by atoms with Gasteiger partial charge in [0.25, 0.3) is 0 Å². The fourth-order valence-electron chi connectivity index (χ4n) is 6.62. The Morgan fingerprint density at radius 2 is 1.62 bits per heavy atom. The number of alkyl halides is 3. The number of nitrogens with one attached hydrogen (secondary N) is 4. The number of carboxylic acid groups (broad SMARTS) is 1. The number of ketones is 1. The number of aromatic nitrogens is 1. The van der Waals surface area contributed by atoms with Gasteiger partial charge in [0.05, 0.1) is 23.8 Å². The molecule has 1 aliphatic carbocycles. The van der Waals surface area contributed by atoms with E-state index in [0.29, 0.717) is 31.5 Å². The highest BCUT2D eigenvalue weighted by molar-refractivity contribution is 7.89. The molecule has 3 aromatic rings. The van der Waals surface area contributed by atoms with Crippen LogP contribution in [0.1, 0.15) is 49.3 Å². The molecule has 2 unspecified atom stereocenters. The van der Waals surface area contributed by atoms with Gasteiger partial charge in [-0.25, -0.2) is 13.2 Å². The van der Waals surface area contributed by atoms with Gasteiger partial charge in [-0.15, -0.1) is 0 Å². The highest BCUT2D eigenvalue weighted by Gasteiger charge is 2.58. The summed E-state index contributed by atoms with van der Waals surface area (Å²) in [7, 11) is -3.89. The Balaban J connectivity index is 0.000000671. The Morgan fingerprint density at radius 1 is 1.04 bits per heavy atom. The molecule has 16 heteroatoms. The van der Waals surface area contributed by atoms with Crippen molar-refractivity contribution in [3.05, 3.63) is 71.4 Å². The molecular weight excluding hydrogens is 655 g/mol. The molecule has 1 fully saturated rings. The highest BCUT2D eigenvalue weighted by Crippen LogP contribution is 2.56. The zero-order valence-corrected chi connectivity index (χ0v) is 27.3. The largest absolute Gasteiger partial charge is 0.490 e. The maximum atomic E-state index is 14.9. The smallest absolute Gasteiger partial charge is 0.475 e. The number of rotatable bonds is 8. The van der Waals surface area contributed by atoms with E-state index in [1.54, 1.807) is 26.0 Å². The first kappa shape index (κ1) is 36.6. The van der Waals surface area contributed by atoms with Gasteiger partial charge < -0.3 is 26.5 Å². The molecule has 48 heavy (non-hydrogen) atoms. The number of carbonyl (C=O) groups excluding carboxylic acids is 3. The standard InChI is InChI=1S/C30H37N5O5S.C2HF3O2/c1-29(2,31)28(38)34-23(16-18-17-33-22-11-7-5-8-19(18)22)26(36)25-24(27(37)35-41(3,39)40)20-9-4-6-10-21(20)30(25)12-14-32-15-13-30;3-2(4,5)1(6)7/h4-11,17,23-25,32-33H,12-16,31H2,1-3H3,(H,34,38)(H,35,37);(H,6,7)/t23-,24?,25?;/m1./s1. The quantitative estimate of drug-likeness (QED) is 0.205. The maximum absolute atomic E-state index is 14.9. The van der Waals surface area contributed by atoms with Crippen LogP contribution >= 0.6 is 0 Å². The molecule has 1 saturated heterocycles. The summed E-state index contributed by atoms with van der Waals surface area (Å²) in [5.74, 6) is -6.26. The third-order valence-electron chi connectivity index (χ3n) is 8.71. The molecule has 0 bridgehead atoms. The minimum absolute atomic E-state index is 0.173. The van der Waals surface area contributed by atoms with Crippen LogP contribution in [0.25, 0.3) is 10.9 Å². The Morgan fingerprint density at radius 3 is 2.21 bits per heavy atom. The first-order chi connectivity index (χ1) is 22.3. The molecule has 2 aliphatic rings.